The number of likely N-dealkylation sites (tertiary alicyclic amines) is 1. The van der Waals surface area contributed by atoms with Crippen molar-refractivity contribution in [1.29, 1.82) is 0 Å². The fourth-order valence-corrected chi connectivity index (χ4v) is 3.86. The van der Waals surface area contributed by atoms with Crippen LogP contribution in [-0.4, -0.2) is 54.4 Å². The van der Waals surface area contributed by atoms with E-state index < -0.39 is 22.0 Å². The van der Waals surface area contributed by atoms with Crippen LogP contribution in [0.2, 0.25) is 0 Å². The lowest BCUT2D eigenvalue weighted by atomic mass is 10.1. The second-order valence-electron chi connectivity index (χ2n) is 5.90. The molecule has 0 saturated carbocycles. The zero-order valence-electron chi connectivity index (χ0n) is 13.6. The van der Waals surface area contributed by atoms with Crippen molar-refractivity contribution in [1.82, 2.24) is 14.6 Å². The molecule has 0 spiro atoms. The molecule has 8 nitrogen and oxygen atoms in total. The third kappa shape index (κ3) is 4.35. The lowest BCUT2D eigenvalue weighted by Gasteiger charge is -2.14. The summed E-state index contributed by atoms with van der Waals surface area (Å²) in [6.07, 6.45) is 4.68. The number of amides is 1. The molecule has 1 amide bonds. The summed E-state index contributed by atoms with van der Waals surface area (Å²) in [7, 11) is -4.00. The Morgan fingerprint density at radius 1 is 1.38 bits per heavy atom. The van der Waals surface area contributed by atoms with Crippen LogP contribution in [0.25, 0.3) is 0 Å². The minimum atomic E-state index is -4.00. The molecular weight excluding hydrogens is 334 g/mol. The molecule has 3 N–H and O–H groups in total. The Morgan fingerprint density at radius 3 is 2.62 bits per heavy atom. The van der Waals surface area contributed by atoms with Gasteiger partial charge in [0.05, 0.1) is 0 Å². The third-order valence-electron chi connectivity index (χ3n) is 4.03. The molecule has 1 aliphatic heterocycles. The van der Waals surface area contributed by atoms with Crippen molar-refractivity contribution < 1.29 is 23.1 Å². The number of nitrogens with one attached hydrogen (secondary N) is 2. The average molecular weight is 357 g/mol. The predicted octanol–water partition coefficient (Wildman–Crippen LogP) is 1.17. The molecule has 2 heterocycles. The summed E-state index contributed by atoms with van der Waals surface area (Å²) < 4.78 is 26.9. The average Bonchev–Trinajstić information content (AvgIpc) is 3.21. The van der Waals surface area contributed by atoms with Crippen LogP contribution >= 0.6 is 0 Å². The third-order valence-corrected chi connectivity index (χ3v) is 5.48. The molecule has 0 aliphatic carbocycles. The number of hydrogen-bond donors (Lipinski definition) is 3. The minimum absolute atomic E-state index is 0.132. The maximum atomic E-state index is 12.3. The molecule has 0 bridgehead atoms. The van der Waals surface area contributed by atoms with E-state index in [0.717, 1.165) is 19.3 Å². The quantitative estimate of drug-likeness (QED) is 0.645. The van der Waals surface area contributed by atoms with Gasteiger partial charge in [-0.1, -0.05) is 19.8 Å². The predicted molar refractivity (Wildman–Crippen MR) is 87.2 cm³/mol. The minimum Gasteiger partial charge on any atom is -0.480 e. The maximum Gasteiger partial charge on any atom is 0.321 e. The summed E-state index contributed by atoms with van der Waals surface area (Å²) in [4.78, 5) is 27.7. The molecule has 1 saturated heterocycles. The van der Waals surface area contributed by atoms with E-state index in [2.05, 4.69) is 9.71 Å². The van der Waals surface area contributed by atoms with Gasteiger partial charge in [0.25, 0.3) is 5.91 Å². The van der Waals surface area contributed by atoms with E-state index in [1.54, 1.807) is 4.90 Å². The van der Waals surface area contributed by atoms with Crippen LogP contribution in [0, 0.1) is 0 Å². The molecule has 0 radical (unpaired) electrons. The van der Waals surface area contributed by atoms with Crippen molar-refractivity contribution in [3.8, 4) is 0 Å². The zero-order valence-corrected chi connectivity index (χ0v) is 14.4. The monoisotopic (exact) mass is 357 g/mol. The topological polar surface area (TPSA) is 120 Å². The van der Waals surface area contributed by atoms with Gasteiger partial charge in [0.15, 0.2) is 0 Å². The molecule has 9 heteroatoms. The molecule has 1 fully saturated rings. The highest BCUT2D eigenvalue weighted by Gasteiger charge is 2.27. The molecule has 0 unspecified atom stereocenters. The van der Waals surface area contributed by atoms with Crippen LogP contribution in [0.3, 0.4) is 0 Å². The zero-order chi connectivity index (χ0) is 17.7. The Labute approximate surface area is 141 Å². The first kappa shape index (κ1) is 18.5. The highest BCUT2D eigenvalue weighted by atomic mass is 32.2. The van der Waals surface area contributed by atoms with Gasteiger partial charge >= 0.3 is 5.97 Å². The van der Waals surface area contributed by atoms with E-state index in [4.69, 9.17) is 5.11 Å². The highest BCUT2D eigenvalue weighted by Crippen LogP contribution is 2.16. The fourth-order valence-electron chi connectivity index (χ4n) is 2.64. The van der Waals surface area contributed by atoms with E-state index in [9.17, 15) is 18.0 Å². The number of carbonyl (C=O) groups excluding carboxylic acids is 1. The number of carbonyl (C=O) groups is 2. The fraction of sp³-hybridized carbons (Fsp3) is 0.600. The number of carboxylic acids is 1. The number of aromatic amines is 1. The van der Waals surface area contributed by atoms with Crippen molar-refractivity contribution in [2.75, 3.05) is 13.1 Å². The highest BCUT2D eigenvalue weighted by molar-refractivity contribution is 7.89. The number of carboxylic acid groups (broad SMARTS) is 1. The van der Waals surface area contributed by atoms with Gasteiger partial charge in [-0.05, 0) is 25.3 Å². The Bertz CT molecular complexity index is 692. The largest absolute Gasteiger partial charge is 0.480 e. The normalized spacial score (nSPS) is 16.3. The molecule has 0 aromatic carbocycles. The van der Waals surface area contributed by atoms with Gasteiger partial charge in [-0.15, -0.1) is 0 Å². The number of H-pyrrole nitrogens is 1. The summed E-state index contributed by atoms with van der Waals surface area (Å²) in [5, 5.41) is 9.15. The van der Waals surface area contributed by atoms with Crippen molar-refractivity contribution >= 4 is 21.9 Å². The molecule has 2 rings (SSSR count). The Hall–Kier alpha value is -1.87. The van der Waals surface area contributed by atoms with Gasteiger partial charge in [0.2, 0.25) is 10.0 Å². The van der Waals surface area contributed by atoms with Crippen LogP contribution in [-0.2, 0) is 14.8 Å². The van der Waals surface area contributed by atoms with Crippen LogP contribution in [0.15, 0.2) is 17.2 Å². The van der Waals surface area contributed by atoms with E-state index >= 15 is 0 Å². The van der Waals surface area contributed by atoms with Gasteiger partial charge in [-0.25, -0.2) is 8.42 Å². The SMILES string of the molecule is CCCC[C@H](NS(=O)(=O)c1c[nH]c(C(=O)N2CCCC2)c1)C(=O)O. The van der Waals surface area contributed by atoms with Gasteiger partial charge in [0.1, 0.15) is 16.6 Å². The summed E-state index contributed by atoms with van der Waals surface area (Å²) in [5.74, 6) is -1.45. The number of aliphatic carboxylic acids is 1. The van der Waals surface area contributed by atoms with Crippen LogP contribution in [0.5, 0.6) is 0 Å². The summed E-state index contributed by atoms with van der Waals surface area (Å²) in [6.45, 7) is 3.22. The molecule has 1 aliphatic rings. The molecule has 1 aromatic heterocycles. The lowest BCUT2D eigenvalue weighted by Crippen LogP contribution is -2.40. The molecule has 24 heavy (non-hydrogen) atoms. The van der Waals surface area contributed by atoms with E-state index in [0.29, 0.717) is 19.5 Å². The Morgan fingerprint density at radius 2 is 2.04 bits per heavy atom. The molecule has 1 aromatic rings. The van der Waals surface area contributed by atoms with Crippen molar-refractivity contribution in [3.05, 3.63) is 18.0 Å². The number of nitrogens with zero attached hydrogens (tertiary/aromatic N) is 1. The maximum absolute atomic E-state index is 12.3. The molecule has 134 valence electrons. The second kappa shape index (κ2) is 7.80. The van der Waals surface area contributed by atoms with E-state index in [1.165, 1.54) is 12.3 Å². The first-order valence-corrected chi connectivity index (χ1v) is 9.56. The summed E-state index contributed by atoms with van der Waals surface area (Å²) in [5.41, 5.74) is 0.192. The number of hydrogen-bond acceptors (Lipinski definition) is 4. The Balaban J connectivity index is 2.11. The van der Waals surface area contributed by atoms with Gasteiger partial charge < -0.3 is 15.0 Å². The standard InChI is InChI=1S/C15H23N3O5S/c1-2-3-6-12(15(20)21)17-24(22,23)11-9-13(16-10-11)14(19)18-7-4-5-8-18/h9-10,12,16-17H,2-8H2,1H3,(H,20,21)/t12-/m0/s1. The van der Waals surface area contributed by atoms with Crippen LogP contribution < -0.4 is 4.72 Å². The van der Waals surface area contributed by atoms with Gasteiger partial charge in [0, 0.05) is 19.3 Å². The van der Waals surface area contributed by atoms with E-state index in [1.807, 2.05) is 6.92 Å². The first-order valence-electron chi connectivity index (χ1n) is 8.08. The lowest BCUT2D eigenvalue weighted by molar-refractivity contribution is -0.139. The van der Waals surface area contributed by atoms with E-state index in [-0.39, 0.29) is 22.9 Å². The second-order valence-corrected chi connectivity index (χ2v) is 7.62. The van der Waals surface area contributed by atoms with Crippen molar-refractivity contribution in [2.24, 2.45) is 0 Å². The van der Waals surface area contributed by atoms with Gasteiger partial charge in [-0.2, -0.15) is 4.72 Å². The van der Waals surface area contributed by atoms with Crippen LogP contribution in [0.4, 0.5) is 0 Å². The Kier molecular flexibility index (Phi) is 6.00. The summed E-state index contributed by atoms with van der Waals surface area (Å²) in [6, 6.07) is 0.0735. The van der Waals surface area contributed by atoms with Crippen molar-refractivity contribution in [3.63, 3.8) is 0 Å². The van der Waals surface area contributed by atoms with Crippen molar-refractivity contribution in [2.45, 2.75) is 50.0 Å². The number of unbranched alkanes of at least 4 members (excludes halogenated alkanes) is 1. The first-order chi connectivity index (χ1) is 11.3. The molecular formula is C15H23N3O5S. The van der Waals surface area contributed by atoms with Gasteiger partial charge in [-0.3, -0.25) is 9.59 Å². The van der Waals surface area contributed by atoms with Crippen LogP contribution in [0.1, 0.15) is 49.5 Å². The molecule has 1 atom stereocenters. The number of rotatable bonds is 8. The smallest absolute Gasteiger partial charge is 0.321 e. The number of aromatic nitrogens is 1. The summed E-state index contributed by atoms with van der Waals surface area (Å²) >= 11 is 0. The number of sulfonamides is 1.